The van der Waals surface area contributed by atoms with E-state index in [1.165, 1.54) is 0 Å². The van der Waals surface area contributed by atoms with Crippen molar-refractivity contribution in [2.24, 2.45) is 7.05 Å². The van der Waals surface area contributed by atoms with E-state index in [1.807, 2.05) is 7.05 Å². The number of nitrogens with zero attached hydrogens (tertiary/aromatic N) is 5. The molecule has 3 rings (SSSR count). The molecule has 0 atom stereocenters. The number of aliphatic carboxylic acids is 1. The second-order valence-electron chi connectivity index (χ2n) is 5.88. The second kappa shape index (κ2) is 8.51. The van der Waals surface area contributed by atoms with Gasteiger partial charge in [-0.2, -0.15) is 23.5 Å². The summed E-state index contributed by atoms with van der Waals surface area (Å²) in [4.78, 5) is 27.2. The lowest BCUT2D eigenvalue weighted by molar-refractivity contribution is -0.192. The number of carboxylic acids is 1. The Morgan fingerprint density at radius 1 is 1.36 bits per heavy atom. The molecule has 1 amide bonds. The lowest BCUT2D eigenvalue weighted by Gasteiger charge is -2.20. The summed E-state index contributed by atoms with van der Waals surface area (Å²) in [7, 11) is 1.82. The molecule has 0 saturated heterocycles. The molecule has 0 radical (unpaired) electrons. The number of alkyl halides is 3. The Balaban J connectivity index is 0.000000345. The predicted molar refractivity (Wildman–Crippen MR) is 88.9 cm³/mol. The Bertz CT molecular complexity index is 903. The molecule has 0 fully saturated rings. The molecule has 0 unspecified atom stereocenters. The molecule has 28 heavy (non-hydrogen) atoms. The highest BCUT2D eigenvalue weighted by Gasteiger charge is 2.38. The highest BCUT2D eigenvalue weighted by Crippen LogP contribution is 2.22. The number of hydrogen-bond donors (Lipinski definition) is 1. The number of pyridine rings is 1. The molecular weight excluding hydrogens is 379 g/mol. The maximum atomic E-state index is 12.5. The number of carboxylic acid groups (broad SMARTS) is 1. The van der Waals surface area contributed by atoms with Gasteiger partial charge in [0.1, 0.15) is 6.07 Å². The summed E-state index contributed by atoms with van der Waals surface area (Å²) in [5.74, 6) is -2.79. The number of aromatic nitrogens is 3. The van der Waals surface area contributed by atoms with E-state index >= 15 is 0 Å². The van der Waals surface area contributed by atoms with Crippen LogP contribution in [0.5, 0.6) is 0 Å². The third-order valence-electron chi connectivity index (χ3n) is 4.01. The van der Waals surface area contributed by atoms with Crippen LogP contribution in [0.15, 0.2) is 24.5 Å². The topological polar surface area (TPSA) is 112 Å². The van der Waals surface area contributed by atoms with Crippen molar-refractivity contribution in [3.63, 3.8) is 0 Å². The SMILES string of the molecule is Cn1nc(C#N)c2c1CN(C(=O)c1cccnc1)CCC2.O=C(O)C(F)(F)F. The Morgan fingerprint density at radius 3 is 2.57 bits per heavy atom. The minimum absolute atomic E-state index is 0.0318. The Hall–Kier alpha value is -3.42. The molecule has 0 aliphatic carbocycles. The summed E-state index contributed by atoms with van der Waals surface area (Å²) in [5.41, 5.74) is 2.98. The molecule has 0 bridgehead atoms. The number of aryl methyl sites for hydroxylation is 1. The molecule has 0 saturated carbocycles. The zero-order valence-corrected chi connectivity index (χ0v) is 14.8. The van der Waals surface area contributed by atoms with Gasteiger partial charge in [-0.15, -0.1) is 0 Å². The third-order valence-corrected chi connectivity index (χ3v) is 4.01. The van der Waals surface area contributed by atoms with Crippen molar-refractivity contribution in [3.8, 4) is 6.07 Å². The molecule has 11 heteroatoms. The van der Waals surface area contributed by atoms with Crippen LogP contribution < -0.4 is 0 Å². The summed E-state index contributed by atoms with van der Waals surface area (Å²) in [5, 5.41) is 20.5. The maximum absolute atomic E-state index is 12.5. The Kier molecular flexibility index (Phi) is 6.35. The number of halogens is 3. The first-order chi connectivity index (χ1) is 13.1. The highest BCUT2D eigenvalue weighted by molar-refractivity contribution is 5.93. The number of carbonyl (C=O) groups excluding carboxylic acids is 1. The molecule has 0 spiro atoms. The number of carbonyl (C=O) groups is 2. The fraction of sp³-hybridized carbons (Fsp3) is 0.353. The number of hydrogen-bond acceptors (Lipinski definition) is 5. The lowest BCUT2D eigenvalue weighted by atomic mass is 10.1. The van der Waals surface area contributed by atoms with Gasteiger partial charge in [0.2, 0.25) is 0 Å². The maximum Gasteiger partial charge on any atom is 0.490 e. The van der Waals surface area contributed by atoms with Crippen LogP contribution in [-0.4, -0.2) is 49.4 Å². The number of amides is 1. The molecule has 8 nitrogen and oxygen atoms in total. The smallest absolute Gasteiger partial charge is 0.475 e. The van der Waals surface area contributed by atoms with Crippen LogP contribution in [-0.2, 0) is 24.8 Å². The van der Waals surface area contributed by atoms with Crippen molar-refractivity contribution in [2.45, 2.75) is 25.6 Å². The normalized spacial score (nSPS) is 13.5. The fourth-order valence-corrected chi connectivity index (χ4v) is 2.70. The van der Waals surface area contributed by atoms with Crippen LogP contribution >= 0.6 is 0 Å². The van der Waals surface area contributed by atoms with E-state index in [-0.39, 0.29) is 5.91 Å². The van der Waals surface area contributed by atoms with Crippen molar-refractivity contribution >= 4 is 11.9 Å². The zero-order chi connectivity index (χ0) is 20.9. The second-order valence-corrected chi connectivity index (χ2v) is 5.88. The number of fused-ring (bicyclic) bond motifs is 1. The average molecular weight is 395 g/mol. The highest BCUT2D eigenvalue weighted by atomic mass is 19.4. The first-order valence-electron chi connectivity index (χ1n) is 8.09. The van der Waals surface area contributed by atoms with Gasteiger partial charge in [-0.25, -0.2) is 4.79 Å². The summed E-state index contributed by atoms with van der Waals surface area (Å²) in [6.45, 7) is 1.15. The van der Waals surface area contributed by atoms with Gasteiger partial charge >= 0.3 is 12.1 Å². The Morgan fingerprint density at radius 2 is 2.04 bits per heavy atom. The summed E-state index contributed by atoms with van der Waals surface area (Å²) < 4.78 is 33.4. The molecule has 2 aromatic rings. The molecule has 1 aliphatic heterocycles. The van der Waals surface area contributed by atoms with E-state index in [4.69, 9.17) is 15.2 Å². The zero-order valence-electron chi connectivity index (χ0n) is 14.8. The fourth-order valence-electron chi connectivity index (χ4n) is 2.70. The van der Waals surface area contributed by atoms with E-state index in [0.29, 0.717) is 24.3 Å². The quantitative estimate of drug-likeness (QED) is 0.789. The van der Waals surface area contributed by atoms with Gasteiger partial charge < -0.3 is 10.0 Å². The number of nitriles is 1. The van der Waals surface area contributed by atoms with E-state index in [9.17, 15) is 18.0 Å². The van der Waals surface area contributed by atoms with Gasteiger partial charge in [-0.05, 0) is 25.0 Å². The van der Waals surface area contributed by atoms with Crippen LogP contribution in [0.25, 0.3) is 0 Å². The van der Waals surface area contributed by atoms with Crippen LogP contribution in [0.2, 0.25) is 0 Å². The third kappa shape index (κ3) is 4.85. The average Bonchev–Trinajstić information content (AvgIpc) is 2.83. The van der Waals surface area contributed by atoms with Gasteiger partial charge in [-0.1, -0.05) is 0 Å². The molecular formula is C17H16F3N5O3. The summed E-state index contributed by atoms with van der Waals surface area (Å²) in [6, 6.07) is 5.66. The van der Waals surface area contributed by atoms with E-state index in [1.54, 1.807) is 34.1 Å². The predicted octanol–water partition coefficient (Wildman–Crippen LogP) is 1.91. The lowest BCUT2D eigenvalue weighted by Crippen LogP contribution is -2.31. The van der Waals surface area contributed by atoms with Crippen molar-refractivity contribution in [1.82, 2.24) is 19.7 Å². The van der Waals surface area contributed by atoms with E-state index < -0.39 is 12.1 Å². The Labute approximate surface area is 157 Å². The van der Waals surface area contributed by atoms with Crippen molar-refractivity contribution in [2.75, 3.05) is 6.54 Å². The summed E-state index contributed by atoms with van der Waals surface area (Å²) in [6.07, 6.45) is -0.238. The first-order valence-corrected chi connectivity index (χ1v) is 8.09. The van der Waals surface area contributed by atoms with Gasteiger partial charge in [-0.3, -0.25) is 14.5 Å². The monoisotopic (exact) mass is 395 g/mol. The van der Waals surface area contributed by atoms with Gasteiger partial charge in [0, 0.05) is 31.5 Å². The van der Waals surface area contributed by atoms with Gasteiger partial charge in [0.05, 0.1) is 17.8 Å². The standard InChI is InChI=1S/C15H15N5O.C2HF3O2/c1-19-14-10-20(15(21)11-4-2-6-17-9-11)7-3-5-12(14)13(8-16)18-19;3-2(4,5)1(6)7/h2,4,6,9H,3,5,7,10H2,1H3;(H,6,7). The van der Waals surface area contributed by atoms with E-state index in [0.717, 1.165) is 24.1 Å². The van der Waals surface area contributed by atoms with Crippen molar-refractivity contribution in [3.05, 3.63) is 47.0 Å². The van der Waals surface area contributed by atoms with Gasteiger partial charge in [0.15, 0.2) is 5.69 Å². The molecule has 2 aromatic heterocycles. The van der Waals surface area contributed by atoms with Gasteiger partial charge in [0.25, 0.3) is 5.91 Å². The minimum Gasteiger partial charge on any atom is -0.475 e. The van der Waals surface area contributed by atoms with E-state index in [2.05, 4.69) is 16.2 Å². The first kappa shape index (κ1) is 20.9. The largest absolute Gasteiger partial charge is 0.490 e. The van der Waals surface area contributed by atoms with Crippen molar-refractivity contribution in [1.29, 1.82) is 5.26 Å². The minimum atomic E-state index is -5.08. The molecule has 148 valence electrons. The summed E-state index contributed by atoms with van der Waals surface area (Å²) >= 11 is 0. The molecule has 1 aliphatic rings. The molecule has 3 heterocycles. The number of rotatable bonds is 1. The van der Waals surface area contributed by atoms with Crippen LogP contribution in [0, 0.1) is 11.3 Å². The molecule has 1 N–H and O–H groups in total. The van der Waals surface area contributed by atoms with Crippen LogP contribution in [0.3, 0.4) is 0 Å². The van der Waals surface area contributed by atoms with Crippen LogP contribution in [0.1, 0.15) is 33.7 Å². The molecule has 0 aromatic carbocycles. The van der Waals surface area contributed by atoms with Crippen molar-refractivity contribution < 1.29 is 27.9 Å². The van der Waals surface area contributed by atoms with Crippen LogP contribution in [0.4, 0.5) is 13.2 Å².